The van der Waals surface area contributed by atoms with Crippen molar-refractivity contribution in [3.05, 3.63) is 64.1 Å². The molecule has 0 radical (unpaired) electrons. The van der Waals surface area contributed by atoms with Gasteiger partial charge in [0.15, 0.2) is 5.78 Å². The first-order valence-corrected chi connectivity index (χ1v) is 7.70. The summed E-state index contributed by atoms with van der Waals surface area (Å²) in [7, 11) is 0. The minimum absolute atomic E-state index is 0.0184. The van der Waals surface area contributed by atoms with Gasteiger partial charge in [-0.15, -0.1) is 0 Å². The zero-order valence-corrected chi connectivity index (χ0v) is 13.7. The van der Waals surface area contributed by atoms with Gasteiger partial charge in [-0.1, -0.05) is 46.3 Å². The van der Waals surface area contributed by atoms with E-state index in [4.69, 9.17) is 4.74 Å². The van der Waals surface area contributed by atoms with Crippen molar-refractivity contribution in [3.8, 4) is 0 Å². The highest BCUT2D eigenvalue weighted by atomic mass is 79.9. The van der Waals surface area contributed by atoms with Crippen LogP contribution in [0.15, 0.2) is 53.0 Å². The minimum Gasteiger partial charge on any atom is -0.465 e. The van der Waals surface area contributed by atoms with Gasteiger partial charge in [-0.3, -0.25) is 9.59 Å². The van der Waals surface area contributed by atoms with E-state index in [1.54, 1.807) is 31.2 Å². The molecule has 0 unspecified atom stereocenters. The van der Waals surface area contributed by atoms with Crippen LogP contribution < -0.4 is 5.32 Å². The predicted octanol–water partition coefficient (Wildman–Crippen LogP) is 3.66. The molecule has 114 valence electrons. The molecule has 0 aliphatic heterocycles. The number of carbonyl (C=O) groups is 2. The normalized spacial score (nSPS) is 10.1. The van der Waals surface area contributed by atoms with Crippen LogP contribution in [0.1, 0.15) is 22.8 Å². The molecule has 0 aliphatic carbocycles. The highest BCUT2D eigenvalue weighted by Crippen LogP contribution is 2.23. The van der Waals surface area contributed by atoms with Crippen molar-refractivity contribution in [2.45, 2.75) is 6.92 Å². The van der Waals surface area contributed by atoms with Crippen LogP contribution in [0.2, 0.25) is 0 Å². The first-order valence-electron chi connectivity index (χ1n) is 6.90. The van der Waals surface area contributed by atoms with Crippen LogP contribution in [0, 0.1) is 0 Å². The number of nitrogens with one attached hydrogen (secondary N) is 1. The van der Waals surface area contributed by atoms with Gasteiger partial charge in [0.2, 0.25) is 0 Å². The smallest absolute Gasteiger partial charge is 0.325 e. The summed E-state index contributed by atoms with van der Waals surface area (Å²) >= 11 is 3.37. The molecule has 0 atom stereocenters. The van der Waals surface area contributed by atoms with Crippen molar-refractivity contribution >= 4 is 33.4 Å². The van der Waals surface area contributed by atoms with Gasteiger partial charge >= 0.3 is 5.97 Å². The molecule has 22 heavy (non-hydrogen) atoms. The van der Waals surface area contributed by atoms with Crippen LogP contribution in [0.4, 0.5) is 5.69 Å². The first-order chi connectivity index (χ1) is 10.6. The summed E-state index contributed by atoms with van der Waals surface area (Å²) in [6.07, 6.45) is 0. The molecule has 0 heterocycles. The molecule has 0 aliphatic rings. The highest BCUT2D eigenvalue weighted by molar-refractivity contribution is 9.10. The van der Waals surface area contributed by atoms with Crippen molar-refractivity contribution in [2.24, 2.45) is 0 Å². The van der Waals surface area contributed by atoms with Crippen molar-refractivity contribution in [1.82, 2.24) is 0 Å². The summed E-state index contributed by atoms with van der Waals surface area (Å²) in [4.78, 5) is 24.1. The maximum absolute atomic E-state index is 12.6. The van der Waals surface area contributed by atoms with Gasteiger partial charge in [-0.25, -0.2) is 0 Å². The fourth-order valence-electron chi connectivity index (χ4n) is 1.98. The Morgan fingerprint density at radius 1 is 1.14 bits per heavy atom. The van der Waals surface area contributed by atoms with Crippen LogP contribution in [-0.4, -0.2) is 24.9 Å². The summed E-state index contributed by atoms with van der Waals surface area (Å²) in [5.74, 6) is -0.461. The maximum Gasteiger partial charge on any atom is 0.325 e. The Morgan fingerprint density at radius 3 is 2.55 bits per heavy atom. The molecule has 0 aromatic heterocycles. The van der Waals surface area contributed by atoms with Crippen molar-refractivity contribution < 1.29 is 14.3 Å². The first kappa shape index (κ1) is 16.2. The lowest BCUT2D eigenvalue weighted by Gasteiger charge is -2.11. The topological polar surface area (TPSA) is 55.4 Å². The Balaban J connectivity index is 2.24. The van der Waals surface area contributed by atoms with E-state index in [0.717, 1.165) is 4.47 Å². The van der Waals surface area contributed by atoms with E-state index < -0.39 is 0 Å². The molecule has 4 nitrogen and oxygen atoms in total. The molecule has 2 aromatic carbocycles. The van der Waals surface area contributed by atoms with E-state index >= 15 is 0 Å². The van der Waals surface area contributed by atoms with E-state index in [2.05, 4.69) is 21.2 Å². The van der Waals surface area contributed by atoms with Crippen LogP contribution in [0.25, 0.3) is 0 Å². The number of rotatable bonds is 6. The number of esters is 1. The van der Waals surface area contributed by atoms with E-state index in [-0.39, 0.29) is 18.3 Å². The fraction of sp³-hybridized carbons (Fsp3) is 0.176. The lowest BCUT2D eigenvalue weighted by atomic mass is 10.0. The third-order valence-electron chi connectivity index (χ3n) is 2.99. The SMILES string of the molecule is CCOC(=O)CNc1ccc(Br)cc1C(=O)c1ccccc1. The Bertz CT molecular complexity index is 671. The molecule has 2 rings (SSSR count). The van der Waals surface area contributed by atoms with E-state index in [0.29, 0.717) is 23.4 Å². The lowest BCUT2D eigenvalue weighted by Crippen LogP contribution is -2.18. The van der Waals surface area contributed by atoms with Crippen molar-refractivity contribution in [3.63, 3.8) is 0 Å². The van der Waals surface area contributed by atoms with Gasteiger partial charge < -0.3 is 10.1 Å². The van der Waals surface area contributed by atoms with Gasteiger partial charge in [0, 0.05) is 21.3 Å². The summed E-state index contributed by atoms with van der Waals surface area (Å²) in [5, 5.41) is 2.96. The number of halogens is 1. The number of ether oxygens (including phenoxy) is 1. The van der Waals surface area contributed by atoms with Crippen molar-refractivity contribution in [1.29, 1.82) is 0 Å². The van der Waals surface area contributed by atoms with Crippen LogP contribution in [-0.2, 0) is 9.53 Å². The number of ketones is 1. The molecule has 0 saturated heterocycles. The summed E-state index contributed by atoms with van der Waals surface area (Å²) in [6, 6.07) is 14.3. The van der Waals surface area contributed by atoms with Crippen molar-refractivity contribution in [2.75, 3.05) is 18.5 Å². The van der Waals surface area contributed by atoms with Gasteiger partial charge in [0.05, 0.1) is 6.61 Å². The van der Waals surface area contributed by atoms with Gasteiger partial charge in [0.1, 0.15) is 6.54 Å². The molecular formula is C17H16BrNO3. The number of carbonyl (C=O) groups excluding carboxylic acids is 2. The van der Waals surface area contributed by atoms with Crippen LogP contribution >= 0.6 is 15.9 Å². The largest absolute Gasteiger partial charge is 0.465 e. The third-order valence-corrected chi connectivity index (χ3v) is 3.48. The number of anilines is 1. The average molecular weight is 362 g/mol. The van der Waals surface area contributed by atoms with Crippen LogP contribution in [0.5, 0.6) is 0 Å². The quantitative estimate of drug-likeness (QED) is 0.630. The van der Waals surface area contributed by atoms with E-state index in [1.807, 2.05) is 24.3 Å². The van der Waals surface area contributed by atoms with Crippen LogP contribution in [0.3, 0.4) is 0 Å². The second kappa shape index (κ2) is 7.75. The standard InChI is InChI=1S/C17H16BrNO3/c1-2-22-16(20)11-19-15-9-8-13(18)10-14(15)17(21)12-6-4-3-5-7-12/h3-10,19H,2,11H2,1H3. The van der Waals surface area contributed by atoms with E-state index in [1.165, 1.54) is 0 Å². The Labute approximate surface area is 137 Å². The zero-order valence-electron chi connectivity index (χ0n) is 12.1. The molecule has 5 heteroatoms. The molecule has 2 aromatic rings. The minimum atomic E-state index is -0.358. The average Bonchev–Trinajstić information content (AvgIpc) is 2.54. The molecule has 0 fully saturated rings. The number of benzene rings is 2. The third kappa shape index (κ3) is 4.18. The zero-order chi connectivity index (χ0) is 15.9. The van der Waals surface area contributed by atoms with Gasteiger partial charge in [-0.2, -0.15) is 0 Å². The molecule has 0 spiro atoms. The number of hydrogen-bond acceptors (Lipinski definition) is 4. The summed E-state index contributed by atoms with van der Waals surface area (Å²) in [5.41, 5.74) is 1.70. The monoisotopic (exact) mass is 361 g/mol. The fourth-order valence-corrected chi connectivity index (χ4v) is 2.34. The van der Waals surface area contributed by atoms with Gasteiger partial charge in [0.25, 0.3) is 0 Å². The van der Waals surface area contributed by atoms with E-state index in [9.17, 15) is 9.59 Å². The second-order valence-corrected chi connectivity index (χ2v) is 5.46. The molecule has 0 amide bonds. The Kier molecular flexibility index (Phi) is 5.72. The second-order valence-electron chi connectivity index (χ2n) is 4.54. The molecule has 0 saturated carbocycles. The highest BCUT2D eigenvalue weighted by Gasteiger charge is 2.15. The molecular weight excluding hydrogens is 346 g/mol. The Morgan fingerprint density at radius 2 is 1.86 bits per heavy atom. The summed E-state index contributed by atoms with van der Waals surface area (Å²) < 4.78 is 5.68. The molecule has 0 bridgehead atoms. The van der Waals surface area contributed by atoms with Gasteiger partial charge in [-0.05, 0) is 25.1 Å². The number of hydrogen-bond donors (Lipinski definition) is 1. The molecule has 1 N–H and O–H groups in total. The maximum atomic E-state index is 12.6. The lowest BCUT2D eigenvalue weighted by molar-refractivity contribution is -0.140. The Hall–Kier alpha value is -2.14. The predicted molar refractivity (Wildman–Crippen MR) is 89.1 cm³/mol. The summed E-state index contributed by atoms with van der Waals surface area (Å²) in [6.45, 7) is 2.10.